The molecule has 1 aliphatic heterocycles. The first-order chi connectivity index (χ1) is 16.5. The van der Waals surface area contributed by atoms with E-state index in [9.17, 15) is 18.8 Å². The number of rotatable bonds is 6. The lowest BCUT2D eigenvalue weighted by atomic mass is 9.95. The Labute approximate surface area is 197 Å². The van der Waals surface area contributed by atoms with E-state index in [4.69, 9.17) is 0 Å². The van der Waals surface area contributed by atoms with Crippen molar-refractivity contribution in [2.75, 3.05) is 18.4 Å². The minimum atomic E-state index is -0.380. The van der Waals surface area contributed by atoms with E-state index in [-0.39, 0.29) is 29.5 Å². The fourth-order valence-corrected chi connectivity index (χ4v) is 4.00. The van der Waals surface area contributed by atoms with Crippen LogP contribution in [-0.2, 0) is 11.3 Å². The summed E-state index contributed by atoms with van der Waals surface area (Å²) in [4.78, 5) is 39.5. The molecule has 0 atom stereocenters. The molecule has 0 radical (unpaired) electrons. The second-order valence-electron chi connectivity index (χ2n) is 8.31. The normalized spacial score (nSPS) is 13.9. The Hall–Kier alpha value is -4.00. The van der Waals surface area contributed by atoms with Crippen LogP contribution in [0.25, 0.3) is 0 Å². The third-order valence-electron chi connectivity index (χ3n) is 5.93. The van der Waals surface area contributed by atoms with Gasteiger partial charge >= 0.3 is 0 Å². The van der Waals surface area contributed by atoms with Gasteiger partial charge in [0, 0.05) is 42.4 Å². The zero-order chi connectivity index (χ0) is 23.9. The van der Waals surface area contributed by atoms with Crippen molar-refractivity contribution in [2.24, 2.45) is 5.92 Å². The second-order valence-corrected chi connectivity index (χ2v) is 8.31. The molecule has 2 N–H and O–H groups in total. The Morgan fingerprint density at radius 3 is 2.26 bits per heavy atom. The molecule has 0 unspecified atom stereocenters. The first-order valence-corrected chi connectivity index (χ1v) is 11.3. The van der Waals surface area contributed by atoms with Gasteiger partial charge in [-0.25, -0.2) is 4.39 Å². The lowest BCUT2D eigenvalue weighted by Gasteiger charge is -2.31. The third kappa shape index (κ3) is 5.86. The number of carbonyl (C=O) groups is 3. The van der Waals surface area contributed by atoms with Crippen molar-refractivity contribution in [3.63, 3.8) is 0 Å². The zero-order valence-corrected chi connectivity index (χ0v) is 18.7. The van der Waals surface area contributed by atoms with E-state index in [1.807, 2.05) is 36.4 Å². The van der Waals surface area contributed by atoms with Crippen molar-refractivity contribution in [2.45, 2.75) is 19.4 Å². The number of piperidine rings is 1. The first kappa shape index (κ1) is 23.2. The molecule has 4 rings (SSSR count). The lowest BCUT2D eigenvalue weighted by Crippen LogP contribution is -2.42. The largest absolute Gasteiger partial charge is 0.352 e. The van der Waals surface area contributed by atoms with Crippen LogP contribution in [0.4, 0.5) is 10.1 Å². The number of hydrogen-bond acceptors (Lipinski definition) is 3. The molecule has 3 aromatic rings. The van der Waals surface area contributed by atoms with Gasteiger partial charge in [0.2, 0.25) is 5.91 Å². The Balaban J connectivity index is 1.26. The van der Waals surface area contributed by atoms with Gasteiger partial charge in [-0.05, 0) is 66.9 Å². The molecule has 1 saturated heterocycles. The van der Waals surface area contributed by atoms with E-state index in [2.05, 4.69) is 10.6 Å². The third-order valence-corrected chi connectivity index (χ3v) is 5.93. The summed E-state index contributed by atoms with van der Waals surface area (Å²) >= 11 is 0. The number of carbonyl (C=O) groups excluding carboxylic acids is 3. The van der Waals surface area contributed by atoms with Crippen molar-refractivity contribution >= 4 is 23.4 Å². The Bertz CT molecular complexity index is 1160. The minimum Gasteiger partial charge on any atom is -0.352 e. The Kier molecular flexibility index (Phi) is 7.32. The fourth-order valence-electron chi connectivity index (χ4n) is 4.00. The molecule has 7 heteroatoms. The van der Waals surface area contributed by atoms with Crippen molar-refractivity contribution in [3.05, 3.63) is 101 Å². The number of halogens is 1. The van der Waals surface area contributed by atoms with Gasteiger partial charge in [0.1, 0.15) is 5.82 Å². The van der Waals surface area contributed by atoms with E-state index in [0.29, 0.717) is 43.6 Å². The predicted octanol–water partition coefficient (Wildman–Crippen LogP) is 4.25. The number of nitrogens with one attached hydrogen (secondary N) is 2. The summed E-state index contributed by atoms with van der Waals surface area (Å²) in [5, 5.41) is 5.80. The summed E-state index contributed by atoms with van der Waals surface area (Å²) < 4.78 is 13.1. The number of hydrogen-bond donors (Lipinski definition) is 2. The molecule has 174 valence electrons. The second kappa shape index (κ2) is 10.7. The van der Waals surface area contributed by atoms with Crippen LogP contribution in [0.5, 0.6) is 0 Å². The van der Waals surface area contributed by atoms with Crippen LogP contribution in [0.15, 0.2) is 78.9 Å². The van der Waals surface area contributed by atoms with Gasteiger partial charge in [0.15, 0.2) is 0 Å². The van der Waals surface area contributed by atoms with E-state index in [0.717, 1.165) is 11.3 Å². The van der Waals surface area contributed by atoms with Crippen molar-refractivity contribution in [1.29, 1.82) is 0 Å². The summed E-state index contributed by atoms with van der Waals surface area (Å²) in [5.41, 5.74) is 2.51. The smallest absolute Gasteiger partial charge is 0.255 e. The van der Waals surface area contributed by atoms with Crippen LogP contribution in [-0.4, -0.2) is 35.7 Å². The summed E-state index contributed by atoms with van der Waals surface area (Å²) in [6.07, 6.45) is 1.14. The molecule has 1 aliphatic rings. The molecule has 0 aliphatic carbocycles. The average molecular weight is 460 g/mol. The number of likely N-dealkylation sites (tertiary alicyclic amines) is 1. The van der Waals surface area contributed by atoms with Gasteiger partial charge < -0.3 is 15.5 Å². The summed E-state index contributed by atoms with van der Waals surface area (Å²) in [7, 11) is 0. The van der Waals surface area contributed by atoms with Crippen LogP contribution in [0.2, 0.25) is 0 Å². The van der Waals surface area contributed by atoms with Crippen LogP contribution in [0.1, 0.15) is 39.1 Å². The Morgan fingerprint density at radius 2 is 1.56 bits per heavy atom. The van der Waals surface area contributed by atoms with Gasteiger partial charge in [-0.3, -0.25) is 14.4 Å². The van der Waals surface area contributed by atoms with Gasteiger partial charge in [-0.1, -0.05) is 30.3 Å². The molecule has 3 amide bonds. The van der Waals surface area contributed by atoms with Gasteiger partial charge in [-0.15, -0.1) is 0 Å². The molecular weight excluding hydrogens is 433 g/mol. The molecular formula is C27H26FN3O3. The molecule has 6 nitrogen and oxygen atoms in total. The van der Waals surface area contributed by atoms with Crippen LogP contribution >= 0.6 is 0 Å². The predicted molar refractivity (Wildman–Crippen MR) is 128 cm³/mol. The van der Waals surface area contributed by atoms with Crippen molar-refractivity contribution in [3.8, 4) is 0 Å². The molecule has 0 saturated carbocycles. The number of anilines is 1. The van der Waals surface area contributed by atoms with E-state index >= 15 is 0 Å². The molecule has 34 heavy (non-hydrogen) atoms. The summed E-state index contributed by atoms with van der Waals surface area (Å²) in [5.74, 6) is -0.980. The van der Waals surface area contributed by atoms with Gasteiger partial charge in [0.05, 0.1) is 0 Å². The topological polar surface area (TPSA) is 78.5 Å². The molecule has 1 heterocycles. The van der Waals surface area contributed by atoms with Crippen molar-refractivity contribution in [1.82, 2.24) is 10.2 Å². The summed E-state index contributed by atoms with van der Waals surface area (Å²) in [6, 6.07) is 21.9. The highest BCUT2D eigenvalue weighted by Gasteiger charge is 2.27. The quantitative estimate of drug-likeness (QED) is 0.579. The van der Waals surface area contributed by atoms with Crippen molar-refractivity contribution < 1.29 is 18.8 Å². The maximum absolute atomic E-state index is 13.1. The highest BCUT2D eigenvalue weighted by atomic mass is 19.1. The SMILES string of the molecule is O=C(Nc1ccccc1)c1cccc(CNC(=O)C2CCN(C(=O)c3ccc(F)cc3)CC2)c1. The van der Waals surface area contributed by atoms with Crippen LogP contribution in [0.3, 0.4) is 0 Å². The zero-order valence-electron chi connectivity index (χ0n) is 18.7. The highest BCUT2D eigenvalue weighted by Crippen LogP contribution is 2.20. The van der Waals surface area contributed by atoms with E-state index in [1.165, 1.54) is 24.3 Å². The monoisotopic (exact) mass is 459 g/mol. The van der Waals surface area contributed by atoms with Gasteiger partial charge in [0.25, 0.3) is 11.8 Å². The average Bonchev–Trinajstić information content (AvgIpc) is 2.88. The Morgan fingerprint density at radius 1 is 0.853 bits per heavy atom. The molecule has 0 aromatic heterocycles. The maximum Gasteiger partial charge on any atom is 0.255 e. The summed E-state index contributed by atoms with van der Waals surface area (Å²) in [6.45, 7) is 1.27. The van der Waals surface area contributed by atoms with Crippen LogP contribution < -0.4 is 10.6 Å². The van der Waals surface area contributed by atoms with Gasteiger partial charge in [-0.2, -0.15) is 0 Å². The molecule has 3 aromatic carbocycles. The maximum atomic E-state index is 13.1. The standard InChI is InChI=1S/C27H26FN3O3/c28-23-11-9-21(10-12-23)27(34)31-15-13-20(14-16-31)25(32)29-18-19-5-4-6-22(17-19)26(33)30-24-7-2-1-3-8-24/h1-12,17,20H,13-16,18H2,(H,29,32)(H,30,33). The molecule has 0 spiro atoms. The lowest BCUT2D eigenvalue weighted by molar-refractivity contribution is -0.126. The van der Waals surface area contributed by atoms with Crippen LogP contribution in [0, 0.1) is 11.7 Å². The number of para-hydroxylation sites is 1. The number of benzene rings is 3. The minimum absolute atomic E-state index is 0.0620. The highest BCUT2D eigenvalue weighted by molar-refractivity contribution is 6.04. The number of amides is 3. The first-order valence-electron chi connectivity index (χ1n) is 11.3. The number of nitrogens with zero attached hydrogens (tertiary/aromatic N) is 1. The van der Waals surface area contributed by atoms with E-state index < -0.39 is 0 Å². The van der Waals surface area contributed by atoms with E-state index in [1.54, 1.807) is 23.1 Å². The molecule has 0 bridgehead atoms. The fraction of sp³-hybridized carbons (Fsp3) is 0.222. The molecule has 1 fully saturated rings.